The van der Waals surface area contributed by atoms with Crippen LogP contribution in [0.5, 0.6) is 0 Å². The maximum absolute atomic E-state index is 12.2. The van der Waals surface area contributed by atoms with Gasteiger partial charge in [-0.3, -0.25) is 0 Å². The summed E-state index contributed by atoms with van der Waals surface area (Å²) in [6.07, 6.45) is 1.43. The van der Waals surface area contributed by atoms with Crippen molar-refractivity contribution < 1.29 is 13.5 Å². The molecule has 0 saturated carbocycles. The Balaban J connectivity index is 3.24. The highest BCUT2D eigenvalue weighted by Crippen LogP contribution is 2.23. The molecule has 1 aromatic heterocycles. The topological polar surface area (TPSA) is 96.5 Å². The van der Waals surface area contributed by atoms with Crippen molar-refractivity contribution in [3.05, 3.63) is 16.7 Å². The lowest BCUT2D eigenvalue weighted by molar-refractivity contribution is 0.257. The van der Waals surface area contributed by atoms with Gasteiger partial charge in [0.25, 0.3) is 0 Å². The van der Waals surface area contributed by atoms with E-state index in [0.717, 1.165) is 4.31 Å². The van der Waals surface area contributed by atoms with Crippen LogP contribution in [-0.4, -0.2) is 42.5 Å². The fourth-order valence-electron chi connectivity index (χ4n) is 1.34. The Bertz CT molecular complexity index is 492. The zero-order valence-corrected chi connectivity index (χ0v) is 11.7. The third-order valence-electron chi connectivity index (χ3n) is 2.17. The Morgan fingerprint density at radius 2 is 2.24 bits per heavy atom. The first-order chi connectivity index (χ1) is 7.93. The Morgan fingerprint density at radius 1 is 1.59 bits per heavy atom. The maximum Gasteiger partial charge on any atom is 0.246 e. The van der Waals surface area contributed by atoms with E-state index < -0.39 is 10.0 Å². The molecule has 96 valence electrons. The smallest absolute Gasteiger partial charge is 0.246 e. The minimum absolute atomic E-state index is 0.0325. The van der Waals surface area contributed by atoms with Gasteiger partial charge in [-0.1, -0.05) is 6.92 Å². The average molecular weight is 324 g/mol. The number of halogens is 1. The molecule has 6 nitrogen and oxygen atoms in total. The van der Waals surface area contributed by atoms with Crippen LogP contribution in [0.1, 0.15) is 6.92 Å². The zero-order valence-electron chi connectivity index (χ0n) is 9.30. The predicted molar refractivity (Wildman–Crippen MR) is 67.9 cm³/mol. The van der Waals surface area contributed by atoms with Crippen LogP contribution in [-0.2, 0) is 10.0 Å². The summed E-state index contributed by atoms with van der Waals surface area (Å²) < 4.78 is 26.1. The van der Waals surface area contributed by atoms with Crippen LogP contribution in [0.15, 0.2) is 21.6 Å². The van der Waals surface area contributed by atoms with Crippen molar-refractivity contribution in [2.45, 2.75) is 11.8 Å². The van der Waals surface area contributed by atoms with Gasteiger partial charge in [0, 0.05) is 23.8 Å². The molecule has 0 aromatic carbocycles. The number of nitrogens with zero attached hydrogens (tertiary/aromatic N) is 2. The number of anilines is 1. The molecule has 0 unspecified atom stereocenters. The fraction of sp³-hybridized carbons (Fsp3) is 0.444. The number of hydrogen-bond acceptors (Lipinski definition) is 5. The largest absolute Gasteiger partial charge is 0.395 e. The van der Waals surface area contributed by atoms with Crippen LogP contribution in [0.25, 0.3) is 0 Å². The summed E-state index contributed by atoms with van der Waals surface area (Å²) in [7, 11) is -3.71. The van der Waals surface area contributed by atoms with E-state index in [1.54, 1.807) is 6.92 Å². The molecule has 0 aliphatic heterocycles. The second-order valence-electron chi connectivity index (χ2n) is 3.26. The summed E-state index contributed by atoms with van der Waals surface area (Å²) in [5.74, 6) is -0.0513. The summed E-state index contributed by atoms with van der Waals surface area (Å²) in [4.78, 5) is 3.73. The number of pyridine rings is 1. The van der Waals surface area contributed by atoms with Gasteiger partial charge in [-0.15, -0.1) is 0 Å². The van der Waals surface area contributed by atoms with E-state index >= 15 is 0 Å². The summed E-state index contributed by atoms with van der Waals surface area (Å²) in [6, 6.07) is 1.40. The van der Waals surface area contributed by atoms with Crippen molar-refractivity contribution in [3.8, 4) is 0 Å². The first-order valence-electron chi connectivity index (χ1n) is 4.95. The molecule has 8 heteroatoms. The van der Waals surface area contributed by atoms with E-state index in [4.69, 9.17) is 10.8 Å². The minimum Gasteiger partial charge on any atom is -0.395 e. The van der Waals surface area contributed by atoms with Gasteiger partial charge in [0.15, 0.2) is 0 Å². The molecular formula is C9H14BrN3O3S. The van der Waals surface area contributed by atoms with Crippen molar-refractivity contribution in [3.63, 3.8) is 0 Å². The molecule has 1 heterocycles. The molecule has 1 aromatic rings. The van der Waals surface area contributed by atoms with Crippen LogP contribution in [0, 0.1) is 0 Å². The van der Waals surface area contributed by atoms with Crippen molar-refractivity contribution >= 4 is 31.8 Å². The van der Waals surface area contributed by atoms with Crippen LogP contribution in [0.3, 0.4) is 0 Å². The average Bonchev–Trinajstić information content (AvgIpc) is 2.28. The lowest BCUT2D eigenvalue weighted by Crippen LogP contribution is -2.34. The van der Waals surface area contributed by atoms with E-state index in [0.29, 0.717) is 4.47 Å². The van der Waals surface area contributed by atoms with Crippen molar-refractivity contribution in [2.24, 2.45) is 0 Å². The quantitative estimate of drug-likeness (QED) is 0.819. The lowest BCUT2D eigenvalue weighted by Gasteiger charge is -2.19. The monoisotopic (exact) mass is 323 g/mol. The lowest BCUT2D eigenvalue weighted by atomic mass is 10.5. The van der Waals surface area contributed by atoms with Crippen LogP contribution in [0.2, 0.25) is 0 Å². The van der Waals surface area contributed by atoms with Gasteiger partial charge in [-0.25, -0.2) is 13.4 Å². The Hall–Kier alpha value is -0.700. The van der Waals surface area contributed by atoms with E-state index in [2.05, 4.69) is 20.9 Å². The molecule has 0 aliphatic carbocycles. The van der Waals surface area contributed by atoms with Gasteiger partial charge in [0.05, 0.1) is 6.61 Å². The predicted octanol–water partition coefficient (Wildman–Crippen LogP) is 0.429. The first kappa shape index (κ1) is 14.4. The highest BCUT2D eigenvalue weighted by molar-refractivity contribution is 9.10. The molecule has 0 fully saturated rings. The number of sulfonamides is 1. The molecule has 0 saturated heterocycles. The number of likely N-dealkylation sites (N-methyl/N-ethyl adjacent to an activating group) is 1. The number of aliphatic hydroxyl groups excluding tert-OH is 1. The third-order valence-corrected chi connectivity index (χ3v) is 4.61. The molecule has 0 aliphatic rings. The van der Waals surface area contributed by atoms with Crippen LogP contribution >= 0.6 is 15.9 Å². The molecule has 0 bridgehead atoms. The molecule has 0 spiro atoms. The standard InChI is InChI=1S/C9H14BrN3O3S/c1-2-13(3-4-14)17(15,16)8-5-7(10)6-12-9(8)11/h5-6,14H,2-4H2,1H3,(H2,11,12). The van der Waals surface area contributed by atoms with Gasteiger partial charge in [-0.05, 0) is 22.0 Å². The molecule has 0 atom stereocenters. The van der Waals surface area contributed by atoms with Crippen molar-refractivity contribution in [1.29, 1.82) is 0 Å². The highest BCUT2D eigenvalue weighted by Gasteiger charge is 2.25. The summed E-state index contributed by atoms with van der Waals surface area (Å²) >= 11 is 3.15. The Kier molecular flexibility index (Phi) is 4.87. The third kappa shape index (κ3) is 3.15. The van der Waals surface area contributed by atoms with E-state index in [1.165, 1.54) is 12.3 Å². The van der Waals surface area contributed by atoms with Gasteiger partial charge >= 0.3 is 0 Å². The molecule has 3 N–H and O–H groups in total. The molecule has 17 heavy (non-hydrogen) atoms. The summed E-state index contributed by atoms with van der Waals surface area (Å²) in [6.45, 7) is 1.74. The minimum atomic E-state index is -3.71. The number of aliphatic hydroxyl groups is 1. The highest BCUT2D eigenvalue weighted by atomic mass is 79.9. The maximum atomic E-state index is 12.2. The number of aromatic nitrogens is 1. The van der Waals surface area contributed by atoms with Crippen LogP contribution < -0.4 is 5.73 Å². The first-order valence-corrected chi connectivity index (χ1v) is 7.18. The molecule has 0 radical (unpaired) electrons. The van der Waals surface area contributed by atoms with Crippen LogP contribution in [0.4, 0.5) is 5.82 Å². The van der Waals surface area contributed by atoms with Crippen molar-refractivity contribution in [2.75, 3.05) is 25.4 Å². The summed E-state index contributed by atoms with van der Waals surface area (Å²) in [5, 5.41) is 8.84. The number of hydrogen-bond donors (Lipinski definition) is 2. The van der Waals surface area contributed by atoms with Gasteiger partial charge in [0.2, 0.25) is 10.0 Å². The Morgan fingerprint density at radius 3 is 2.76 bits per heavy atom. The van der Waals surface area contributed by atoms with Crippen molar-refractivity contribution in [1.82, 2.24) is 9.29 Å². The fourth-order valence-corrected chi connectivity index (χ4v) is 3.35. The second kappa shape index (κ2) is 5.76. The molecule has 0 amide bonds. The number of rotatable bonds is 5. The number of nitrogen functional groups attached to an aromatic ring is 1. The molecule has 1 rings (SSSR count). The van der Waals surface area contributed by atoms with Gasteiger partial charge < -0.3 is 10.8 Å². The SMILES string of the molecule is CCN(CCO)S(=O)(=O)c1cc(Br)cnc1N. The summed E-state index contributed by atoms with van der Waals surface area (Å²) in [5.41, 5.74) is 5.56. The zero-order chi connectivity index (χ0) is 13.1. The van der Waals surface area contributed by atoms with E-state index in [1.807, 2.05) is 0 Å². The second-order valence-corrected chi connectivity index (χ2v) is 6.08. The molecular weight excluding hydrogens is 310 g/mol. The van der Waals surface area contributed by atoms with E-state index in [-0.39, 0.29) is 30.4 Å². The number of nitrogens with two attached hydrogens (primary N) is 1. The normalized spacial score (nSPS) is 12.0. The van der Waals surface area contributed by atoms with E-state index in [9.17, 15) is 8.42 Å². The Labute approximate surface area is 109 Å². The van der Waals surface area contributed by atoms with Gasteiger partial charge in [0.1, 0.15) is 10.7 Å². The van der Waals surface area contributed by atoms with Gasteiger partial charge in [-0.2, -0.15) is 4.31 Å².